The first kappa shape index (κ1) is 14.9. The molecule has 0 spiro atoms. The smallest absolute Gasteiger partial charge is 0.185 e. The number of hydrogen-bond donors (Lipinski definition) is 1. The van der Waals surface area contributed by atoms with Gasteiger partial charge in [0, 0.05) is 17.3 Å². The molecule has 0 fully saturated rings. The Bertz CT molecular complexity index is 564. The molecule has 1 aliphatic rings. The molecule has 21 heavy (non-hydrogen) atoms. The van der Waals surface area contributed by atoms with Gasteiger partial charge in [-0.05, 0) is 32.2 Å². The van der Waals surface area contributed by atoms with E-state index in [9.17, 15) is 0 Å². The second-order valence-electron chi connectivity index (χ2n) is 5.54. The van der Waals surface area contributed by atoms with Crippen molar-refractivity contribution in [3.63, 3.8) is 0 Å². The SMILES string of the molecule is CCCNC1CCCc2sc(N(C)Cc3cscn3)nc21. The van der Waals surface area contributed by atoms with E-state index in [-0.39, 0.29) is 0 Å². The number of thiazole rings is 2. The van der Waals surface area contributed by atoms with Crippen molar-refractivity contribution in [3.8, 4) is 0 Å². The summed E-state index contributed by atoms with van der Waals surface area (Å²) in [6.07, 6.45) is 4.84. The maximum Gasteiger partial charge on any atom is 0.185 e. The summed E-state index contributed by atoms with van der Waals surface area (Å²) in [4.78, 5) is 13.0. The molecule has 3 rings (SSSR count). The van der Waals surface area contributed by atoms with E-state index in [0.717, 1.165) is 23.9 Å². The Morgan fingerprint density at radius 3 is 3.14 bits per heavy atom. The third kappa shape index (κ3) is 3.44. The molecule has 114 valence electrons. The van der Waals surface area contributed by atoms with E-state index in [4.69, 9.17) is 4.98 Å². The second-order valence-corrected chi connectivity index (χ2v) is 7.32. The van der Waals surface area contributed by atoms with Gasteiger partial charge in [0.05, 0.1) is 29.5 Å². The lowest BCUT2D eigenvalue weighted by Crippen LogP contribution is -2.25. The van der Waals surface area contributed by atoms with Crippen LogP contribution in [0.4, 0.5) is 5.13 Å². The molecule has 1 N–H and O–H groups in total. The van der Waals surface area contributed by atoms with Crippen molar-refractivity contribution in [1.29, 1.82) is 0 Å². The van der Waals surface area contributed by atoms with Crippen LogP contribution in [0, 0.1) is 0 Å². The number of nitrogens with zero attached hydrogens (tertiary/aromatic N) is 3. The molecule has 1 atom stereocenters. The first-order valence-electron chi connectivity index (χ1n) is 7.59. The van der Waals surface area contributed by atoms with Gasteiger partial charge in [-0.2, -0.15) is 0 Å². The van der Waals surface area contributed by atoms with Crippen LogP contribution in [0.5, 0.6) is 0 Å². The highest BCUT2D eigenvalue weighted by atomic mass is 32.1. The fourth-order valence-corrected chi connectivity index (χ4v) is 4.39. The van der Waals surface area contributed by atoms with Gasteiger partial charge in [0.2, 0.25) is 0 Å². The Kier molecular flexibility index (Phi) is 4.87. The standard InChI is InChI=1S/C15H22N4S2/c1-3-7-16-12-5-4-6-13-14(12)18-15(21-13)19(2)8-11-9-20-10-17-11/h9-10,12,16H,3-8H2,1-2H3. The Labute approximate surface area is 134 Å². The van der Waals surface area contributed by atoms with Crippen molar-refractivity contribution in [3.05, 3.63) is 27.2 Å². The van der Waals surface area contributed by atoms with Gasteiger partial charge in [0.15, 0.2) is 5.13 Å². The van der Waals surface area contributed by atoms with Crippen molar-refractivity contribution in [1.82, 2.24) is 15.3 Å². The van der Waals surface area contributed by atoms with Crippen molar-refractivity contribution < 1.29 is 0 Å². The number of fused-ring (bicyclic) bond motifs is 1. The lowest BCUT2D eigenvalue weighted by molar-refractivity contribution is 0.454. The zero-order valence-electron chi connectivity index (χ0n) is 12.6. The minimum atomic E-state index is 0.450. The summed E-state index contributed by atoms with van der Waals surface area (Å²) in [5.74, 6) is 0. The van der Waals surface area contributed by atoms with Crippen LogP contribution in [0.15, 0.2) is 10.9 Å². The molecule has 4 nitrogen and oxygen atoms in total. The van der Waals surface area contributed by atoms with E-state index in [1.807, 2.05) is 16.8 Å². The maximum atomic E-state index is 4.92. The van der Waals surface area contributed by atoms with Gasteiger partial charge in [0.1, 0.15) is 0 Å². The fraction of sp³-hybridized carbons (Fsp3) is 0.600. The number of hydrogen-bond acceptors (Lipinski definition) is 6. The summed E-state index contributed by atoms with van der Waals surface area (Å²) in [6, 6.07) is 0.450. The maximum absolute atomic E-state index is 4.92. The van der Waals surface area contributed by atoms with Crippen LogP contribution in [0.2, 0.25) is 0 Å². The molecule has 0 amide bonds. The highest BCUT2D eigenvalue weighted by Gasteiger charge is 2.25. The van der Waals surface area contributed by atoms with Gasteiger partial charge >= 0.3 is 0 Å². The Morgan fingerprint density at radius 2 is 2.38 bits per heavy atom. The lowest BCUT2D eigenvalue weighted by atomic mass is 9.97. The number of anilines is 1. The molecular formula is C15H22N4S2. The van der Waals surface area contributed by atoms with Crippen molar-refractivity contribution in [2.75, 3.05) is 18.5 Å². The topological polar surface area (TPSA) is 41.0 Å². The van der Waals surface area contributed by atoms with Crippen molar-refractivity contribution >= 4 is 27.8 Å². The van der Waals surface area contributed by atoms with E-state index in [1.165, 1.54) is 36.3 Å². The van der Waals surface area contributed by atoms with Gasteiger partial charge < -0.3 is 10.2 Å². The van der Waals surface area contributed by atoms with Gasteiger partial charge in [-0.1, -0.05) is 6.92 Å². The molecule has 2 heterocycles. The molecule has 1 unspecified atom stereocenters. The fourth-order valence-electron chi connectivity index (χ4n) is 2.71. The zero-order chi connectivity index (χ0) is 14.7. The van der Waals surface area contributed by atoms with Gasteiger partial charge in [-0.3, -0.25) is 0 Å². The molecule has 2 aromatic heterocycles. The van der Waals surface area contributed by atoms with E-state index >= 15 is 0 Å². The van der Waals surface area contributed by atoms with Gasteiger partial charge in [0.25, 0.3) is 0 Å². The molecule has 0 aromatic carbocycles. The summed E-state index contributed by atoms with van der Waals surface area (Å²) < 4.78 is 0. The predicted octanol–water partition coefficient (Wildman–Crippen LogP) is 3.61. The summed E-state index contributed by atoms with van der Waals surface area (Å²) in [5, 5.41) is 6.87. The van der Waals surface area contributed by atoms with Crippen LogP contribution in [0.1, 0.15) is 48.5 Å². The zero-order valence-corrected chi connectivity index (χ0v) is 14.3. The molecule has 0 radical (unpaired) electrons. The van der Waals surface area contributed by atoms with E-state index in [0.29, 0.717) is 6.04 Å². The average molecular weight is 323 g/mol. The molecule has 0 saturated heterocycles. The first-order valence-corrected chi connectivity index (χ1v) is 9.35. The number of nitrogens with one attached hydrogen (secondary N) is 1. The van der Waals surface area contributed by atoms with E-state index < -0.39 is 0 Å². The second kappa shape index (κ2) is 6.85. The largest absolute Gasteiger partial charge is 0.345 e. The van der Waals surface area contributed by atoms with Gasteiger partial charge in [-0.25, -0.2) is 9.97 Å². The molecule has 0 aliphatic heterocycles. The third-order valence-corrected chi connectivity index (χ3v) is 5.67. The molecule has 0 saturated carbocycles. The number of aromatic nitrogens is 2. The van der Waals surface area contributed by atoms with E-state index in [1.54, 1.807) is 11.3 Å². The summed E-state index contributed by atoms with van der Waals surface area (Å²) in [5.41, 5.74) is 4.30. The van der Waals surface area contributed by atoms with Gasteiger partial charge in [-0.15, -0.1) is 22.7 Å². The van der Waals surface area contributed by atoms with Crippen LogP contribution >= 0.6 is 22.7 Å². The van der Waals surface area contributed by atoms with Crippen LogP contribution in [0.25, 0.3) is 0 Å². The summed E-state index contributed by atoms with van der Waals surface area (Å²) >= 11 is 3.50. The van der Waals surface area contributed by atoms with Crippen LogP contribution in [0.3, 0.4) is 0 Å². The minimum Gasteiger partial charge on any atom is -0.345 e. The molecule has 0 bridgehead atoms. The molecular weight excluding hydrogens is 300 g/mol. The van der Waals surface area contributed by atoms with Crippen LogP contribution in [-0.2, 0) is 13.0 Å². The number of aryl methyl sites for hydroxylation is 1. The highest BCUT2D eigenvalue weighted by Crippen LogP contribution is 2.36. The van der Waals surface area contributed by atoms with Crippen LogP contribution < -0.4 is 10.2 Å². The normalized spacial score (nSPS) is 17.7. The van der Waals surface area contributed by atoms with Crippen molar-refractivity contribution in [2.45, 2.75) is 45.2 Å². The highest BCUT2D eigenvalue weighted by molar-refractivity contribution is 7.15. The van der Waals surface area contributed by atoms with Crippen LogP contribution in [-0.4, -0.2) is 23.6 Å². The molecule has 1 aliphatic carbocycles. The third-order valence-electron chi connectivity index (χ3n) is 3.79. The Hall–Kier alpha value is -0.980. The monoisotopic (exact) mass is 322 g/mol. The average Bonchev–Trinajstić information content (AvgIpc) is 3.13. The lowest BCUT2D eigenvalue weighted by Gasteiger charge is -2.22. The Morgan fingerprint density at radius 1 is 1.48 bits per heavy atom. The number of rotatable bonds is 6. The Balaban J connectivity index is 1.74. The van der Waals surface area contributed by atoms with E-state index in [2.05, 4.69) is 34.6 Å². The predicted molar refractivity (Wildman–Crippen MR) is 90.3 cm³/mol. The molecule has 6 heteroatoms. The molecule has 2 aromatic rings. The summed E-state index contributed by atoms with van der Waals surface area (Å²) in [7, 11) is 2.11. The van der Waals surface area contributed by atoms with Crippen molar-refractivity contribution in [2.24, 2.45) is 0 Å². The minimum absolute atomic E-state index is 0.450. The quantitative estimate of drug-likeness (QED) is 0.882. The first-order chi connectivity index (χ1) is 10.3. The summed E-state index contributed by atoms with van der Waals surface area (Å²) in [6.45, 7) is 4.12.